The van der Waals surface area contributed by atoms with E-state index >= 15 is 0 Å². The average molecular weight is 1310 g/mol. The predicted octanol–water partition coefficient (Wildman–Crippen LogP) is 11.5. The third-order valence-electron chi connectivity index (χ3n) is 10.7. The van der Waals surface area contributed by atoms with Crippen molar-refractivity contribution < 1.29 is 55.3 Å². The molecular weight excluding hydrogens is 1270 g/mol. The number of aryl methyl sites for hydroxylation is 2. The van der Waals surface area contributed by atoms with E-state index in [0.29, 0.717) is 22.9 Å². The Morgan fingerprint density at radius 2 is 1.27 bits per heavy atom. The van der Waals surface area contributed by atoms with Crippen LogP contribution in [0.5, 0.6) is 0 Å². The number of pyridine rings is 2. The van der Waals surface area contributed by atoms with Crippen molar-refractivity contribution in [2.75, 3.05) is 22.9 Å². The minimum absolute atomic E-state index is 0. The largest absolute Gasteiger partial charge is 0.480 e. The van der Waals surface area contributed by atoms with E-state index in [1.165, 1.54) is 11.6 Å². The summed E-state index contributed by atoms with van der Waals surface area (Å²) >= 11 is 17.9. The maximum absolute atomic E-state index is 13.0. The van der Waals surface area contributed by atoms with Crippen molar-refractivity contribution in [1.29, 1.82) is 1.34 Å². The fourth-order valence-corrected chi connectivity index (χ4v) is 9.66. The number of alkyl halides is 1. The number of aromatic nitrogens is 4. The van der Waals surface area contributed by atoms with Crippen LogP contribution in [0.15, 0.2) is 109 Å². The van der Waals surface area contributed by atoms with Crippen LogP contribution in [0.2, 0.25) is 10.0 Å². The maximum Gasteiger partial charge on any atom is 0.326 e. The summed E-state index contributed by atoms with van der Waals surface area (Å²) in [5.41, 5.74) is 10.6. The van der Waals surface area contributed by atoms with Gasteiger partial charge < -0.3 is 20.4 Å². The van der Waals surface area contributed by atoms with E-state index in [0.717, 1.165) is 101 Å². The minimum Gasteiger partial charge on any atom is -0.480 e. The van der Waals surface area contributed by atoms with Gasteiger partial charge in [-0.05, 0) is 146 Å². The second kappa shape index (κ2) is 25.0. The zero-order valence-corrected chi connectivity index (χ0v) is 46.1. The Labute approximate surface area is 447 Å². The molecule has 2 atom stereocenters. The number of carboxylic acid groups (broad SMARTS) is 2. The van der Waals surface area contributed by atoms with Crippen LogP contribution in [0.3, 0.4) is 0 Å². The topological polar surface area (TPSA) is 141 Å². The zero-order chi connectivity index (χ0) is 48.2. The normalized spacial score (nSPS) is 14.7. The Morgan fingerprint density at radius 1 is 0.761 bits per heavy atom. The number of hydrogen-bond donors (Lipinski definition) is 3. The molecule has 2 fully saturated rings. The Hall–Kier alpha value is -3.98. The molecule has 0 aliphatic carbocycles. The molecule has 67 heavy (non-hydrogen) atoms. The zero-order valence-electron chi connectivity index (χ0n) is 37.6. The van der Waals surface area contributed by atoms with Crippen molar-refractivity contribution in [2.45, 2.75) is 51.6 Å². The molecule has 6 heterocycles. The number of hydrogen-bond acceptors (Lipinski definition) is 10. The number of thiazole rings is 2. The third-order valence-corrected chi connectivity index (χ3v) is 13.0. The fraction of sp³-hybridized carbons (Fsp3) is 0.224. The summed E-state index contributed by atoms with van der Waals surface area (Å²) in [6.07, 6.45) is 6.29. The first-order valence-corrected chi connectivity index (χ1v) is 25.1. The Morgan fingerprint density at radius 3 is 1.63 bits per heavy atom. The van der Waals surface area contributed by atoms with Crippen LogP contribution in [0.25, 0.3) is 42.7 Å². The number of carbonyl (C=O) groups is 2. The van der Waals surface area contributed by atoms with Crippen molar-refractivity contribution in [2.24, 2.45) is 0 Å². The first kappa shape index (κ1) is 52.4. The van der Waals surface area contributed by atoms with Gasteiger partial charge in [-0.3, -0.25) is 4.79 Å². The van der Waals surface area contributed by atoms with E-state index in [2.05, 4.69) is 76.6 Å². The van der Waals surface area contributed by atoms with Crippen LogP contribution < -0.4 is 10.2 Å². The molecule has 2 aliphatic rings. The summed E-state index contributed by atoms with van der Waals surface area (Å²) in [6.45, 7) is 5.62. The van der Waals surface area contributed by atoms with Crippen molar-refractivity contribution in [3.8, 4) is 22.3 Å². The van der Waals surface area contributed by atoms with Crippen molar-refractivity contribution in [3.05, 3.63) is 158 Å². The van der Waals surface area contributed by atoms with E-state index in [1.807, 2.05) is 84.5 Å². The molecule has 2 aliphatic heterocycles. The van der Waals surface area contributed by atoms with Gasteiger partial charge in [0, 0.05) is 79.6 Å². The average Bonchev–Trinajstić information content (AvgIpc) is 3.85. The van der Waals surface area contributed by atoms with Gasteiger partial charge in [-0.1, -0.05) is 82.2 Å². The van der Waals surface area contributed by atoms with Crippen LogP contribution in [-0.2, 0) is 22.4 Å². The number of benzene rings is 4. The van der Waals surface area contributed by atoms with Gasteiger partial charge in [0.25, 0.3) is 0 Å². The molecule has 4 aromatic heterocycles. The van der Waals surface area contributed by atoms with Gasteiger partial charge in [-0.15, -0.1) is 22.7 Å². The molecule has 0 unspecified atom stereocenters. The molecule has 342 valence electrons. The quantitative estimate of drug-likeness (QED) is 0.0553. The Bertz CT molecular complexity index is 2970. The molecule has 4 aromatic carbocycles. The Balaban J connectivity index is 0.000000209. The van der Waals surface area contributed by atoms with Gasteiger partial charge >= 0.3 is 11.9 Å². The van der Waals surface area contributed by atoms with Crippen molar-refractivity contribution in [3.63, 3.8) is 0 Å². The minimum atomic E-state index is -0.793. The summed E-state index contributed by atoms with van der Waals surface area (Å²) in [5, 5.41) is 23.6. The molecule has 0 amide bonds. The van der Waals surface area contributed by atoms with Gasteiger partial charge in [-0.2, -0.15) is 4.39 Å². The second-order valence-corrected chi connectivity index (χ2v) is 18.6. The number of nitrogens with one attached hydrogen (secondary N) is 1. The summed E-state index contributed by atoms with van der Waals surface area (Å²) < 4.78 is 20.6. The van der Waals surface area contributed by atoms with Gasteiger partial charge in [-0.25, -0.2) is 24.7 Å². The molecule has 2 radical (unpaired) electrons. The molecular formula is C49H45BCl2FIN6O4S2U. The third kappa shape index (κ3) is 13.8. The van der Waals surface area contributed by atoms with Crippen LogP contribution in [0, 0.1) is 50.9 Å². The number of anilines is 1. The Kier molecular flexibility index (Phi) is 19.6. The fourth-order valence-electron chi connectivity index (χ4n) is 7.44. The molecule has 8 aromatic rings. The number of halogens is 4. The second-order valence-electron chi connectivity index (χ2n) is 15.3. The van der Waals surface area contributed by atoms with Gasteiger partial charge in [0.1, 0.15) is 17.9 Å². The molecule has 10 rings (SSSR count). The van der Waals surface area contributed by atoms with Gasteiger partial charge in [0.15, 0.2) is 0 Å². The SMILES string of the molecule is CI.Cc1nc2c(-c3cccc(Cl)c3)cc(Cc3ccc(F)nc3)cc2s1.Cc1nc2c(-c3cccc(Cl)c3)cc(Cc3ccc(N4CC[C@@H]4C(=O)O)nc3)cc2s1.O=C(O)[C@H]1CCN1.[2H][B].[U]. The monoisotopic (exact) mass is 1310 g/mol. The van der Waals surface area contributed by atoms with Crippen LogP contribution in [0.1, 0.15) is 45.1 Å². The van der Waals surface area contributed by atoms with Crippen LogP contribution in [0.4, 0.5) is 10.2 Å². The first-order chi connectivity index (χ1) is 32.4. The summed E-state index contributed by atoms with van der Waals surface area (Å²) in [6, 6.07) is 30.7. The summed E-state index contributed by atoms with van der Waals surface area (Å²) in [7, 11) is 3.75. The van der Waals surface area contributed by atoms with Crippen molar-refractivity contribution in [1.82, 2.24) is 25.3 Å². The molecule has 18 heteroatoms. The molecule has 2 saturated heterocycles. The number of fused-ring (bicyclic) bond motifs is 2. The number of nitrogens with zero attached hydrogens (tertiary/aromatic N) is 5. The standard InChI is InChI=1S/C24H20ClN3O2S.C20H14ClFN2S.C4H7NO2.CH3I.BH.U/c1-14-27-23-19(17-3-2-4-18(25)12-17)10-16(11-21(23)31-14)9-15-5-6-22(26-13-15)28-8-7-20(28)24(29)30;1-12-24-20-17(15-3-2-4-16(21)10-15)8-14(9-18(20)25-12)7-13-5-6-19(22)23-11-13;6-4(7)3-1-2-5-3;1-2;;/h2-6,10-13,20H,7-9H2,1H3,(H,29,30);2-6,8-11H,7H2,1H3;3,5H,1-2H2,(H,6,7);1H3;1H;/t20-;;3-;;;/m1.1.../s1/i;;;;1D;. The number of rotatable bonds is 9. The molecule has 3 N–H and O–H groups in total. The van der Waals surface area contributed by atoms with Crippen LogP contribution in [-0.4, -0.2) is 81.9 Å². The van der Waals surface area contributed by atoms with E-state index in [-0.39, 0.29) is 37.2 Å². The summed E-state index contributed by atoms with van der Waals surface area (Å²) in [4.78, 5) is 42.7. The van der Waals surface area contributed by atoms with E-state index in [1.54, 1.807) is 34.9 Å². The molecule has 0 spiro atoms. The summed E-state index contributed by atoms with van der Waals surface area (Å²) in [5.74, 6) is -1.27. The molecule has 10 nitrogen and oxygen atoms in total. The molecule has 0 saturated carbocycles. The molecule has 0 bridgehead atoms. The van der Waals surface area contributed by atoms with Gasteiger partial charge in [0.05, 0.1) is 30.4 Å². The first-order valence-electron chi connectivity index (χ1n) is 21.2. The van der Waals surface area contributed by atoms with Crippen LogP contribution >= 0.6 is 68.5 Å². The maximum atomic E-state index is 13.0. The van der Waals surface area contributed by atoms with E-state index in [9.17, 15) is 19.1 Å². The van der Waals surface area contributed by atoms with Gasteiger partial charge in [0.2, 0.25) is 5.95 Å². The smallest absolute Gasteiger partial charge is 0.326 e. The number of carboxylic acids is 2. The van der Waals surface area contributed by atoms with E-state index < -0.39 is 23.9 Å². The van der Waals surface area contributed by atoms with Crippen molar-refractivity contribution >= 4 is 115 Å². The predicted molar refractivity (Wildman–Crippen MR) is 278 cm³/mol. The number of aliphatic carboxylic acids is 2. The van der Waals surface area contributed by atoms with E-state index in [4.69, 9.17) is 39.6 Å².